The molecule has 0 bridgehead atoms. The van der Waals surface area contributed by atoms with E-state index in [2.05, 4.69) is 6.92 Å². The molecule has 3 atom stereocenters. The van der Waals surface area contributed by atoms with Gasteiger partial charge in [0.05, 0.1) is 5.92 Å². The summed E-state index contributed by atoms with van der Waals surface area (Å²) >= 11 is 0. The number of carbonyl (C=O) groups excluding carboxylic acids is 1. The second-order valence-electron chi connectivity index (χ2n) is 5.55. The Labute approximate surface area is 115 Å². The number of nitrogens with zero attached hydrogens (tertiary/aromatic N) is 1. The normalized spacial score (nSPS) is 25.1. The lowest BCUT2D eigenvalue weighted by Gasteiger charge is -2.41. The molecular formula is C16H24N2O. The van der Waals surface area contributed by atoms with E-state index in [1.807, 2.05) is 42.2 Å². The third-order valence-electron chi connectivity index (χ3n) is 4.22. The van der Waals surface area contributed by atoms with E-state index in [0.717, 1.165) is 18.4 Å². The minimum absolute atomic E-state index is 0.0872. The van der Waals surface area contributed by atoms with Crippen LogP contribution < -0.4 is 5.73 Å². The van der Waals surface area contributed by atoms with Crippen molar-refractivity contribution < 1.29 is 4.79 Å². The zero-order valence-corrected chi connectivity index (χ0v) is 11.9. The summed E-state index contributed by atoms with van der Waals surface area (Å²) in [6, 6.07) is 10.5. The van der Waals surface area contributed by atoms with Gasteiger partial charge in [0, 0.05) is 18.6 Å². The molecule has 1 saturated heterocycles. The van der Waals surface area contributed by atoms with Crippen molar-refractivity contribution in [2.24, 2.45) is 5.73 Å². The van der Waals surface area contributed by atoms with Crippen LogP contribution in [0, 0.1) is 0 Å². The molecule has 1 fully saturated rings. The summed E-state index contributed by atoms with van der Waals surface area (Å²) in [5.41, 5.74) is 6.92. The molecule has 1 heterocycles. The van der Waals surface area contributed by atoms with E-state index in [9.17, 15) is 4.79 Å². The average molecular weight is 260 g/mol. The summed E-state index contributed by atoms with van der Waals surface area (Å²) < 4.78 is 0. The Balaban J connectivity index is 2.17. The summed E-state index contributed by atoms with van der Waals surface area (Å²) in [6.07, 6.45) is 3.30. The first kappa shape index (κ1) is 14.1. The minimum atomic E-state index is -0.0872. The van der Waals surface area contributed by atoms with Gasteiger partial charge >= 0.3 is 0 Å². The van der Waals surface area contributed by atoms with Gasteiger partial charge < -0.3 is 10.6 Å². The molecule has 1 aromatic rings. The molecule has 19 heavy (non-hydrogen) atoms. The molecule has 2 N–H and O–H groups in total. The molecule has 3 nitrogen and oxygen atoms in total. The summed E-state index contributed by atoms with van der Waals surface area (Å²) in [7, 11) is 0. The van der Waals surface area contributed by atoms with E-state index in [-0.39, 0.29) is 17.9 Å². The minimum Gasteiger partial charge on any atom is -0.335 e. The van der Waals surface area contributed by atoms with Crippen molar-refractivity contribution in [1.29, 1.82) is 0 Å². The Morgan fingerprint density at radius 1 is 1.37 bits per heavy atom. The summed E-state index contributed by atoms with van der Waals surface area (Å²) in [5, 5.41) is 0. The maximum absolute atomic E-state index is 12.7. The third-order valence-corrected chi connectivity index (χ3v) is 4.22. The van der Waals surface area contributed by atoms with Gasteiger partial charge in [0.1, 0.15) is 0 Å². The predicted octanol–water partition coefficient (Wildman–Crippen LogP) is 2.52. The van der Waals surface area contributed by atoms with Crippen molar-refractivity contribution in [2.75, 3.05) is 6.54 Å². The Kier molecular flexibility index (Phi) is 4.59. The zero-order chi connectivity index (χ0) is 13.8. The van der Waals surface area contributed by atoms with Gasteiger partial charge in [0.25, 0.3) is 0 Å². The Morgan fingerprint density at radius 3 is 2.68 bits per heavy atom. The highest BCUT2D eigenvalue weighted by Gasteiger charge is 2.33. The monoisotopic (exact) mass is 260 g/mol. The summed E-state index contributed by atoms with van der Waals surface area (Å²) in [6.45, 7) is 4.70. The lowest BCUT2D eigenvalue weighted by molar-refractivity contribution is -0.138. The van der Waals surface area contributed by atoms with Crippen molar-refractivity contribution in [3.63, 3.8) is 0 Å². The van der Waals surface area contributed by atoms with E-state index in [1.165, 1.54) is 6.42 Å². The van der Waals surface area contributed by atoms with Crippen LogP contribution in [0.25, 0.3) is 0 Å². The average Bonchev–Trinajstić information content (AvgIpc) is 2.46. The molecular weight excluding hydrogens is 236 g/mol. The number of likely N-dealkylation sites (tertiary alicyclic amines) is 1. The molecule has 0 spiro atoms. The smallest absolute Gasteiger partial charge is 0.230 e. The van der Waals surface area contributed by atoms with E-state index >= 15 is 0 Å². The van der Waals surface area contributed by atoms with Crippen LogP contribution in [0.3, 0.4) is 0 Å². The van der Waals surface area contributed by atoms with Crippen LogP contribution in [0.4, 0.5) is 0 Å². The van der Waals surface area contributed by atoms with E-state index < -0.39 is 0 Å². The molecule has 0 aliphatic carbocycles. The van der Waals surface area contributed by atoms with Crippen LogP contribution in [0.5, 0.6) is 0 Å². The van der Waals surface area contributed by atoms with E-state index in [1.54, 1.807) is 0 Å². The van der Waals surface area contributed by atoms with E-state index in [4.69, 9.17) is 5.73 Å². The number of nitrogens with two attached hydrogens (primary N) is 1. The number of hydrogen-bond donors (Lipinski definition) is 1. The fourth-order valence-electron chi connectivity index (χ4n) is 3.02. The van der Waals surface area contributed by atoms with Gasteiger partial charge in [-0.2, -0.15) is 0 Å². The van der Waals surface area contributed by atoms with Crippen LogP contribution in [0.2, 0.25) is 0 Å². The van der Waals surface area contributed by atoms with Gasteiger partial charge in [-0.15, -0.1) is 0 Å². The predicted molar refractivity (Wildman–Crippen MR) is 77.9 cm³/mol. The SMILES string of the molecule is CC(C(=O)N1C(C)CCCC1CN)c1ccccc1. The van der Waals surface area contributed by atoms with Gasteiger partial charge in [0.15, 0.2) is 0 Å². The Bertz CT molecular complexity index is 418. The van der Waals surface area contributed by atoms with Gasteiger partial charge in [-0.25, -0.2) is 0 Å². The maximum Gasteiger partial charge on any atom is 0.230 e. The zero-order valence-electron chi connectivity index (χ0n) is 11.9. The fraction of sp³-hybridized carbons (Fsp3) is 0.562. The second kappa shape index (κ2) is 6.20. The number of amides is 1. The highest BCUT2D eigenvalue weighted by Crippen LogP contribution is 2.27. The Hall–Kier alpha value is -1.35. The summed E-state index contributed by atoms with van der Waals surface area (Å²) in [5.74, 6) is 0.129. The molecule has 1 aromatic carbocycles. The first-order valence-corrected chi connectivity index (χ1v) is 7.22. The second-order valence-corrected chi connectivity index (χ2v) is 5.55. The first-order chi connectivity index (χ1) is 9.15. The molecule has 3 unspecified atom stereocenters. The standard InChI is InChI=1S/C16H24N2O/c1-12-7-6-10-15(11-17)18(12)16(19)13(2)14-8-4-3-5-9-14/h3-5,8-9,12-13,15H,6-7,10-11,17H2,1-2H3. The topological polar surface area (TPSA) is 46.3 Å². The maximum atomic E-state index is 12.7. The number of rotatable bonds is 3. The number of carbonyl (C=O) groups is 1. The third kappa shape index (κ3) is 2.98. The van der Waals surface area contributed by atoms with Crippen molar-refractivity contribution in [3.05, 3.63) is 35.9 Å². The lowest BCUT2D eigenvalue weighted by Crippen LogP contribution is -2.53. The summed E-state index contributed by atoms with van der Waals surface area (Å²) in [4.78, 5) is 14.8. The quantitative estimate of drug-likeness (QED) is 0.907. The largest absolute Gasteiger partial charge is 0.335 e. The van der Waals surface area contributed by atoms with Gasteiger partial charge in [-0.3, -0.25) is 4.79 Å². The van der Waals surface area contributed by atoms with Crippen molar-refractivity contribution in [1.82, 2.24) is 4.90 Å². The van der Waals surface area contributed by atoms with Crippen LogP contribution in [-0.4, -0.2) is 29.4 Å². The van der Waals surface area contributed by atoms with Gasteiger partial charge in [-0.05, 0) is 38.7 Å². The number of benzene rings is 1. The van der Waals surface area contributed by atoms with Crippen molar-refractivity contribution >= 4 is 5.91 Å². The number of piperidine rings is 1. The molecule has 1 aliphatic heterocycles. The van der Waals surface area contributed by atoms with Gasteiger partial charge in [0.2, 0.25) is 5.91 Å². The molecule has 1 amide bonds. The molecule has 2 rings (SSSR count). The molecule has 0 radical (unpaired) electrons. The highest BCUT2D eigenvalue weighted by atomic mass is 16.2. The van der Waals surface area contributed by atoms with Gasteiger partial charge in [-0.1, -0.05) is 30.3 Å². The highest BCUT2D eigenvalue weighted by molar-refractivity contribution is 5.84. The first-order valence-electron chi connectivity index (χ1n) is 7.22. The lowest BCUT2D eigenvalue weighted by atomic mass is 9.92. The molecule has 104 valence electrons. The molecule has 0 aromatic heterocycles. The number of hydrogen-bond acceptors (Lipinski definition) is 2. The van der Waals surface area contributed by atoms with Crippen molar-refractivity contribution in [3.8, 4) is 0 Å². The van der Waals surface area contributed by atoms with Crippen LogP contribution in [0.15, 0.2) is 30.3 Å². The Morgan fingerprint density at radius 2 is 2.05 bits per heavy atom. The molecule has 0 saturated carbocycles. The van der Waals surface area contributed by atoms with E-state index in [0.29, 0.717) is 12.6 Å². The molecule has 3 heteroatoms. The van der Waals surface area contributed by atoms with Crippen LogP contribution in [-0.2, 0) is 4.79 Å². The fourth-order valence-corrected chi connectivity index (χ4v) is 3.02. The van der Waals surface area contributed by atoms with Crippen LogP contribution in [0.1, 0.15) is 44.6 Å². The van der Waals surface area contributed by atoms with Crippen molar-refractivity contribution in [2.45, 2.75) is 51.1 Å². The van der Waals surface area contributed by atoms with Crippen LogP contribution >= 0.6 is 0 Å². The molecule has 1 aliphatic rings.